The molecule has 1 aromatic heterocycles. The van der Waals surface area contributed by atoms with E-state index in [1.54, 1.807) is 25.1 Å². The highest BCUT2D eigenvalue weighted by Crippen LogP contribution is 2.46. The SMILES string of the molecule is CC(c1ccccc1[N+](=O)[O-])[C@]1(n2ccc(N)nc2=O)C[C@H](O)[C@@H](CO)O1. The van der Waals surface area contributed by atoms with Crippen LogP contribution in [0.1, 0.15) is 24.8 Å². The smallest absolute Gasteiger partial charge is 0.351 e. The zero-order chi connectivity index (χ0) is 19.8. The minimum Gasteiger partial charge on any atom is -0.394 e. The van der Waals surface area contributed by atoms with Crippen LogP contribution in [-0.2, 0) is 10.5 Å². The lowest BCUT2D eigenvalue weighted by atomic mass is 9.86. The molecule has 2 aromatic rings. The van der Waals surface area contributed by atoms with Gasteiger partial charge in [0.15, 0.2) is 5.72 Å². The van der Waals surface area contributed by atoms with E-state index in [9.17, 15) is 25.1 Å². The summed E-state index contributed by atoms with van der Waals surface area (Å²) >= 11 is 0. The second kappa shape index (κ2) is 7.06. The number of nitro groups is 1. The predicted molar refractivity (Wildman–Crippen MR) is 95.0 cm³/mol. The van der Waals surface area contributed by atoms with Crippen LogP contribution in [-0.4, -0.2) is 43.5 Å². The summed E-state index contributed by atoms with van der Waals surface area (Å²) in [5.41, 5.74) is 3.56. The first kappa shape index (κ1) is 19.0. The highest BCUT2D eigenvalue weighted by Gasteiger charge is 2.52. The van der Waals surface area contributed by atoms with Crippen molar-refractivity contribution in [2.24, 2.45) is 0 Å². The number of hydrogen-bond acceptors (Lipinski definition) is 8. The van der Waals surface area contributed by atoms with Gasteiger partial charge in [-0.05, 0) is 6.07 Å². The van der Waals surface area contributed by atoms with Gasteiger partial charge in [-0.15, -0.1) is 0 Å². The number of rotatable bonds is 5. The number of nitrogens with zero attached hydrogens (tertiary/aromatic N) is 3. The van der Waals surface area contributed by atoms with Crippen LogP contribution in [0.4, 0.5) is 11.5 Å². The van der Waals surface area contributed by atoms with Gasteiger partial charge in [0.05, 0.1) is 17.6 Å². The van der Waals surface area contributed by atoms with E-state index in [0.29, 0.717) is 5.56 Å². The molecule has 1 aliphatic rings. The molecule has 0 saturated carbocycles. The molecule has 0 aliphatic carbocycles. The highest BCUT2D eigenvalue weighted by atomic mass is 16.6. The summed E-state index contributed by atoms with van der Waals surface area (Å²) in [4.78, 5) is 27.1. The van der Waals surface area contributed by atoms with E-state index >= 15 is 0 Å². The monoisotopic (exact) mass is 376 g/mol. The molecule has 1 aromatic carbocycles. The summed E-state index contributed by atoms with van der Waals surface area (Å²) in [5, 5.41) is 31.3. The van der Waals surface area contributed by atoms with Crippen LogP contribution in [0, 0.1) is 10.1 Å². The molecule has 4 N–H and O–H groups in total. The van der Waals surface area contributed by atoms with Gasteiger partial charge in [0.2, 0.25) is 0 Å². The Morgan fingerprint density at radius 2 is 2.19 bits per heavy atom. The number of benzene rings is 1. The molecule has 10 nitrogen and oxygen atoms in total. The maximum atomic E-state index is 12.5. The zero-order valence-electron chi connectivity index (χ0n) is 14.6. The fraction of sp³-hybridized carbons (Fsp3) is 0.412. The molecule has 0 amide bonds. The Balaban J connectivity index is 2.20. The first-order valence-corrected chi connectivity index (χ1v) is 8.36. The lowest BCUT2D eigenvalue weighted by molar-refractivity contribution is -0.386. The lowest BCUT2D eigenvalue weighted by Crippen LogP contribution is -2.46. The number of nitrogen functional groups attached to an aromatic ring is 1. The summed E-state index contributed by atoms with van der Waals surface area (Å²) in [6, 6.07) is 7.52. The van der Waals surface area contributed by atoms with Crippen molar-refractivity contribution >= 4 is 11.5 Å². The fourth-order valence-corrected chi connectivity index (χ4v) is 3.59. The van der Waals surface area contributed by atoms with Crippen LogP contribution in [0.3, 0.4) is 0 Å². The number of aromatic nitrogens is 2. The van der Waals surface area contributed by atoms with Gasteiger partial charge in [0.25, 0.3) is 5.69 Å². The topological polar surface area (TPSA) is 154 Å². The average Bonchev–Trinajstić information content (AvgIpc) is 2.98. The number of nitro benzene ring substituents is 1. The van der Waals surface area contributed by atoms with E-state index < -0.39 is 41.1 Å². The van der Waals surface area contributed by atoms with E-state index in [-0.39, 0.29) is 17.9 Å². The summed E-state index contributed by atoms with van der Waals surface area (Å²) < 4.78 is 7.10. The molecule has 2 heterocycles. The largest absolute Gasteiger partial charge is 0.394 e. The standard InChI is InChI=1S/C17H20N4O6/c1-10(11-4-2-3-5-12(11)21(25)26)17(8-13(23)14(9-22)27-17)20-7-6-15(18)19-16(20)24/h2-7,10,13-14,22-23H,8-9H2,1H3,(H2,18,19,24)/t10?,13-,14+,17-/m0/s1. The lowest BCUT2D eigenvalue weighted by Gasteiger charge is -2.36. The van der Waals surface area contributed by atoms with Crippen molar-refractivity contribution in [2.45, 2.75) is 37.2 Å². The fourth-order valence-electron chi connectivity index (χ4n) is 3.59. The van der Waals surface area contributed by atoms with Crippen LogP contribution in [0.25, 0.3) is 0 Å². The molecule has 10 heteroatoms. The first-order valence-electron chi connectivity index (χ1n) is 8.36. The summed E-state index contributed by atoms with van der Waals surface area (Å²) in [6.07, 6.45) is -0.691. The Labute approximate surface area is 154 Å². The number of para-hydroxylation sites is 1. The van der Waals surface area contributed by atoms with Gasteiger partial charge in [-0.1, -0.05) is 25.1 Å². The molecule has 27 heavy (non-hydrogen) atoms. The molecular formula is C17H20N4O6. The molecule has 0 bridgehead atoms. The molecule has 1 fully saturated rings. The van der Waals surface area contributed by atoms with Crippen molar-refractivity contribution < 1.29 is 19.9 Å². The second-order valence-corrected chi connectivity index (χ2v) is 6.50. The number of aliphatic hydroxyl groups excluding tert-OH is 2. The third kappa shape index (κ3) is 3.18. The molecule has 0 spiro atoms. The summed E-state index contributed by atoms with van der Waals surface area (Å²) in [5.74, 6) is -0.699. The molecule has 1 aliphatic heterocycles. The van der Waals surface area contributed by atoms with Crippen LogP contribution >= 0.6 is 0 Å². The number of anilines is 1. The summed E-state index contributed by atoms with van der Waals surface area (Å²) in [6.45, 7) is 1.20. The van der Waals surface area contributed by atoms with Crippen molar-refractivity contribution in [3.63, 3.8) is 0 Å². The van der Waals surface area contributed by atoms with Crippen LogP contribution < -0.4 is 11.4 Å². The van der Waals surface area contributed by atoms with E-state index in [2.05, 4.69) is 4.98 Å². The molecule has 3 rings (SSSR count). The van der Waals surface area contributed by atoms with Crippen molar-refractivity contribution in [3.8, 4) is 0 Å². The normalized spacial score (nSPS) is 26.0. The minimum atomic E-state index is -1.48. The Morgan fingerprint density at radius 3 is 2.78 bits per heavy atom. The van der Waals surface area contributed by atoms with Crippen molar-refractivity contribution in [1.82, 2.24) is 9.55 Å². The Bertz CT molecular complexity index is 916. The third-order valence-corrected chi connectivity index (χ3v) is 4.98. The van der Waals surface area contributed by atoms with Gasteiger partial charge in [-0.2, -0.15) is 4.98 Å². The Kier molecular flexibility index (Phi) is 4.96. The quantitative estimate of drug-likeness (QED) is 0.498. The number of aliphatic hydroxyl groups is 2. The molecule has 0 radical (unpaired) electrons. The molecule has 1 unspecified atom stereocenters. The number of nitrogens with two attached hydrogens (primary N) is 1. The van der Waals surface area contributed by atoms with E-state index in [1.807, 2.05) is 0 Å². The van der Waals surface area contributed by atoms with Gasteiger partial charge >= 0.3 is 5.69 Å². The summed E-state index contributed by atoms with van der Waals surface area (Å²) in [7, 11) is 0. The first-order chi connectivity index (χ1) is 12.8. The molecular weight excluding hydrogens is 356 g/mol. The molecule has 144 valence electrons. The predicted octanol–water partition coefficient (Wildman–Crippen LogP) is 0.332. The average molecular weight is 376 g/mol. The van der Waals surface area contributed by atoms with Gasteiger partial charge in [-0.25, -0.2) is 4.79 Å². The number of hydrogen-bond donors (Lipinski definition) is 3. The molecule has 1 saturated heterocycles. The minimum absolute atomic E-state index is 0.0157. The van der Waals surface area contributed by atoms with E-state index in [0.717, 1.165) is 0 Å². The molecule has 4 atom stereocenters. The zero-order valence-corrected chi connectivity index (χ0v) is 14.6. The van der Waals surface area contributed by atoms with Crippen LogP contribution in [0.2, 0.25) is 0 Å². The second-order valence-electron chi connectivity index (χ2n) is 6.50. The number of ether oxygens (including phenoxy) is 1. The van der Waals surface area contributed by atoms with Gasteiger partial charge < -0.3 is 20.7 Å². The van der Waals surface area contributed by atoms with Crippen molar-refractivity contribution in [3.05, 3.63) is 62.7 Å². The maximum Gasteiger partial charge on any atom is 0.351 e. The van der Waals surface area contributed by atoms with E-state index in [1.165, 1.54) is 22.9 Å². The van der Waals surface area contributed by atoms with Crippen LogP contribution in [0.15, 0.2) is 41.3 Å². The van der Waals surface area contributed by atoms with E-state index in [4.69, 9.17) is 10.5 Å². The van der Waals surface area contributed by atoms with Crippen LogP contribution in [0.5, 0.6) is 0 Å². The van der Waals surface area contributed by atoms with Gasteiger partial charge in [0.1, 0.15) is 11.9 Å². The maximum absolute atomic E-state index is 12.5. The third-order valence-electron chi connectivity index (χ3n) is 4.98. The Morgan fingerprint density at radius 1 is 1.48 bits per heavy atom. The van der Waals surface area contributed by atoms with Gasteiger partial charge in [0, 0.05) is 30.2 Å². The van der Waals surface area contributed by atoms with Crippen molar-refractivity contribution in [1.29, 1.82) is 0 Å². The van der Waals surface area contributed by atoms with Crippen molar-refractivity contribution in [2.75, 3.05) is 12.3 Å². The highest BCUT2D eigenvalue weighted by molar-refractivity contribution is 5.43. The Hall–Kier alpha value is -2.82. The van der Waals surface area contributed by atoms with Gasteiger partial charge in [-0.3, -0.25) is 14.7 Å².